The van der Waals surface area contributed by atoms with Gasteiger partial charge in [0.1, 0.15) is 11.8 Å². The minimum atomic E-state index is -1.01. The van der Waals surface area contributed by atoms with Gasteiger partial charge in [-0.3, -0.25) is 0 Å². The van der Waals surface area contributed by atoms with Crippen LogP contribution in [0.15, 0.2) is 18.3 Å². The lowest BCUT2D eigenvalue weighted by Gasteiger charge is -2.38. The first-order valence-corrected chi connectivity index (χ1v) is 7.28. The summed E-state index contributed by atoms with van der Waals surface area (Å²) in [6.07, 6.45) is 2.03. The molecule has 1 saturated heterocycles. The van der Waals surface area contributed by atoms with E-state index in [4.69, 9.17) is 11.3 Å². The summed E-state index contributed by atoms with van der Waals surface area (Å²) in [6.45, 7) is 13.2. The largest absolute Gasteiger partial charge is 0.444 e. The van der Waals surface area contributed by atoms with Crippen molar-refractivity contribution in [3.05, 3.63) is 35.3 Å². The van der Waals surface area contributed by atoms with Crippen molar-refractivity contribution in [2.24, 2.45) is 0 Å². The summed E-state index contributed by atoms with van der Waals surface area (Å²) >= 11 is 0. The molecule has 0 spiro atoms. The second kappa shape index (κ2) is 5.93. The first kappa shape index (κ1) is 16.2. The van der Waals surface area contributed by atoms with Crippen molar-refractivity contribution in [1.29, 1.82) is 0 Å². The van der Waals surface area contributed by atoms with Crippen molar-refractivity contribution < 1.29 is 14.6 Å². The van der Waals surface area contributed by atoms with Crippen molar-refractivity contribution >= 4 is 11.9 Å². The topological polar surface area (TPSA) is 67.0 Å². The Labute approximate surface area is 130 Å². The van der Waals surface area contributed by atoms with Crippen molar-refractivity contribution in [3.8, 4) is 0 Å². The zero-order valence-electron chi connectivity index (χ0n) is 13.2. The number of nitrogens with zero attached hydrogens (tertiary/aromatic N) is 3. The number of carbonyl (C=O) groups is 1. The Hall–Kier alpha value is -2.13. The first-order chi connectivity index (χ1) is 10.2. The molecule has 0 unspecified atom stereocenters. The van der Waals surface area contributed by atoms with Gasteiger partial charge in [-0.05, 0) is 39.7 Å². The van der Waals surface area contributed by atoms with Crippen molar-refractivity contribution in [2.75, 3.05) is 13.1 Å². The van der Waals surface area contributed by atoms with Crippen LogP contribution in [0.1, 0.15) is 39.2 Å². The van der Waals surface area contributed by atoms with Crippen LogP contribution >= 0.6 is 0 Å². The Bertz CT molecular complexity index is 576. The number of piperidine rings is 1. The molecule has 1 aromatic heterocycles. The van der Waals surface area contributed by atoms with Crippen LogP contribution in [0.25, 0.3) is 4.85 Å². The number of ether oxygens (including phenoxy) is 1. The summed E-state index contributed by atoms with van der Waals surface area (Å²) < 4.78 is 5.34. The lowest BCUT2D eigenvalue weighted by molar-refractivity contribution is -0.0357. The van der Waals surface area contributed by atoms with Gasteiger partial charge in [0.25, 0.3) is 5.82 Å². The zero-order chi connectivity index (χ0) is 16.4. The molecule has 2 heterocycles. The van der Waals surface area contributed by atoms with E-state index in [-0.39, 0.29) is 6.09 Å². The Morgan fingerprint density at radius 2 is 2.05 bits per heavy atom. The smallest absolute Gasteiger partial charge is 0.410 e. The molecule has 0 radical (unpaired) electrons. The number of hydrogen-bond donors (Lipinski definition) is 1. The van der Waals surface area contributed by atoms with E-state index in [0.717, 1.165) is 0 Å². The second-order valence-electron chi connectivity index (χ2n) is 6.52. The van der Waals surface area contributed by atoms with E-state index in [1.807, 2.05) is 20.8 Å². The number of amides is 1. The van der Waals surface area contributed by atoms with E-state index in [2.05, 4.69) is 9.83 Å². The van der Waals surface area contributed by atoms with Crippen LogP contribution in [0, 0.1) is 6.57 Å². The maximum Gasteiger partial charge on any atom is 0.410 e. The summed E-state index contributed by atoms with van der Waals surface area (Å²) in [5, 5.41) is 10.7. The highest BCUT2D eigenvalue weighted by Gasteiger charge is 2.37. The fraction of sp³-hybridized carbons (Fsp3) is 0.562. The first-order valence-electron chi connectivity index (χ1n) is 7.28. The van der Waals surface area contributed by atoms with E-state index in [9.17, 15) is 9.90 Å². The van der Waals surface area contributed by atoms with Crippen LogP contribution in [0.3, 0.4) is 0 Å². The zero-order valence-corrected chi connectivity index (χ0v) is 13.2. The Morgan fingerprint density at radius 3 is 2.50 bits per heavy atom. The van der Waals surface area contributed by atoms with Crippen LogP contribution in [0.2, 0.25) is 0 Å². The van der Waals surface area contributed by atoms with Crippen LogP contribution in [-0.2, 0) is 10.3 Å². The molecule has 0 aliphatic carbocycles. The minimum absolute atomic E-state index is 0.304. The Balaban J connectivity index is 2.01. The number of likely N-dealkylation sites (tertiary alicyclic amines) is 1. The van der Waals surface area contributed by atoms with Gasteiger partial charge in [-0.25, -0.2) is 4.79 Å². The highest BCUT2D eigenvalue weighted by Crippen LogP contribution is 2.33. The molecule has 1 aliphatic heterocycles. The lowest BCUT2D eigenvalue weighted by atomic mass is 9.85. The van der Waals surface area contributed by atoms with Gasteiger partial charge in [0.15, 0.2) is 0 Å². The van der Waals surface area contributed by atoms with Crippen LogP contribution in [-0.4, -0.2) is 39.8 Å². The van der Waals surface area contributed by atoms with Gasteiger partial charge in [0.05, 0.1) is 5.60 Å². The SMILES string of the molecule is [C-]#[N+]c1ccc(C2(O)CCN(C(=O)OC(C)(C)C)CC2)cn1. The molecule has 118 valence electrons. The fourth-order valence-electron chi connectivity index (χ4n) is 2.40. The fourth-order valence-corrected chi connectivity index (χ4v) is 2.40. The molecule has 1 amide bonds. The molecule has 0 aromatic carbocycles. The lowest BCUT2D eigenvalue weighted by Crippen LogP contribution is -2.46. The summed E-state index contributed by atoms with van der Waals surface area (Å²) in [5.74, 6) is 0.304. The standard InChI is InChI=1S/C16H21N3O3/c1-15(2,3)22-14(20)19-9-7-16(21,8-10-19)12-5-6-13(17-4)18-11-12/h5-6,11,21H,7-10H2,1-3H3. The monoisotopic (exact) mass is 303 g/mol. The number of carbonyl (C=O) groups excluding carboxylic acids is 1. The summed E-state index contributed by atoms with van der Waals surface area (Å²) in [7, 11) is 0. The Morgan fingerprint density at radius 1 is 1.41 bits per heavy atom. The molecule has 1 aliphatic rings. The molecule has 0 atom stereocenters. The Kier molecular flexibility index (Phi) is 4.38. The third-order valence-electron chi connectivity index (χ3n) is 3.64. The second-order valence-corrected chi connectivity index (χ2v) is 6.52. The number of aromatic nitrogens is 1. The molecule has 0 bridgehead atoms. The molecule has 1 fully saturated rings. The van der Waals surface area contributed by atoms with E-state index in [1.165, 1.54) is 6.20 Å². The van der Waals surface area contributed by atoms with E-state index < -0.39 is 11.2 Å². The van der Waals surface area contributed by atoms with Crippen molar-refractivity contribution in [3.63, 3.8) is 0 Å². The molecule has 2 rings (SSSR count). The third-order valence-corrected chi connectivity index (χ3v) is 3.64. The number of pyridine rings is 1. The van der Waals surface area contributed by atoms with E-state index in [1.54, 1.807) is 17.0 Å². The van der Waals surface area contributed by atoms with Gasteiger partial charge in [0, 0.05) is 18.7 Å². The quantitative estimate of drug-likeness (QED) is 0.810. The van der Waals surface area contributed by atoms with Gasteiger partial charge in [-0.15, -0.1) is 4.98 Å². The average Bonchev–Trinajstić information content (AvgIpc) is 2.46. The molecule has 1 aromatic rings. The van der Waals surface area contributed by atoms with Gasteiger partial charge in [0.2, 0.25) is 0 Å². The maximum absolute atomic E-state index is 12.0. The molecule has 6 heteroatoms. The summed E-state index contributed by atoms with van der Waals surface area (Å²) in [5.41, 5.74) is -0.847. The van der Waals surface area contributed by atoms with E-state index in [0.29, 0.717) is 37.3 Å². The van der Waals surface area contributed by atoms with Gasteiger partial charge in [-0.1, -0.05) is 12.6 Å². The van der Waals surface area contributed by atoms with Gasteiger partial charge >= 0.3 is 6.09 Å². The van der Waals surface area contributed by atoms with Crippen LogP contribution in [0.5, 0.6) is 0 Å². The summed E-state index contributed by atoms with van der Waals surface area (Å²) in [4.78, 5) is 20.9. The number of hydrogen-bond acceptors (Lipinski definition) is 4. The molecular formula is C16H21N3O3. The van der Waals surface area contributed by atoms with Crippen LogP contribution < -0.4 is 0 Å². The van der Waals surface area contributed by atoms with Crippen molar-refractivity contribution in [2.45, 2.75) is 44.8 Å². The average molecular weight is 303 g/mol. The number of rotatable bonds is 1. The predicted molar refractivity (Wildman–Crippen MR) is 81.4 cm³/mol. The molecule has 6 nitrogen and oxygen atoms in total. The highest BCUT2D eigenvalue weighted by molar-refractivity contribution is 5.68. The number of aliphatic hydroxyl groups is 1. The van der Waals surface area contributed by atoms with E-state index >= 15 is 0 Å². The van der Waals surface area contributed by atoms with Crippen LogP contribution in [0.4, 0.5) is 10.6 Å². The summed E-state index contributed by atoms with van der Waals surface area (Å²) in [6, 6.07) is 3.32. The van der Waals surface area contributed by atoms with Gasteiger partial charge < -0.3 is 19.6 Å². The molecular weight excluding hydrogens is 282 g/mol. The van der Waals surface area contributed by atoms with Gasteiger partial charge in [-0.2, -0.15) is 0 Å². The highest BCUT2D eigenvalue weighted by atomic mass is 16.6. The maximum atomic E-state index is 12.0. The minimum Gasteiger partial charge on any atom is -0.444 e. The van der Waals surface area contributed by atoms with Crippen molar-refractivity contribution in [1.82, 2.24) is 9.88 Å². The predicted octanol–water partition coefficient (Wildman–Crippen LogP) is 2.85. The third kappa shape index (κ3) is 3.74. The normalized spacial score (nSPS) is 17.7. The molecule has 1 N–H and O–H groups in total. The molecule has 22 heavy (non-hydrogen) atoms. The molecule has 0 saturated carbocycles.